The molecule has 0 aliphatic rings. The van der Waals surface area contributed by atoms with Crippen molar-refractivity contribution in [2.24, 2.45) is 0 Å². The molecule has 2 N–H and O–H groups in total. The summed E-state index contributed by atoms with van der Waals surface area (Å²) in [7, 11) is 3.82. The third kappa shape index (κ3) is 3.09. The second kappa shape index (κ2) is 6.29. The minimum absolute atomic E-state index is 0.230. The molecule has 0 spiro atoms. The summed E-state index contributed by atoms with van der Waals surface area (Å²) in [6.45, 7) is 4.27. The Bertz CT molecular complexity index is 568. The Hall–Kier alpha value is -1.84. The lowest BCUT2D eigenvalue weighted by atomic mass is 9.98. The summed E-state index contributed by atoms with van der Waals surface area (Å²) < 4.78 is 5.85. The highest BCUT2D eigenvalue weighted by Crippen LogP contribution is 2.34. The van der Waals surface area contributed by atoms with E-state index in [1.807, 2.05) is 30.3 Å². The Morgan fingerprint density at radius 3 is 2.14 bits per heavy atom. The van der Waals surface area contributed by atoms with E-state index in [9.17, 15) is 0 Å². The normalized spacial score (nSPS) is 15.7. The summed E-state index contributed by atoms with van der Waals surface area (Å²) in [6, 6.07) is 18.5. The van der Waals surface area contributed by atoms with E-state index in [4.69, 9.17) is 10.5 Å². The van der Waals surface area contributed by atoms with Crippen LogP contribution in [-0.2, 0) is 10.5 Å². The molecule has 0 saturated carbocycles. The Morgan fingerprint density at radius 2 is 1.62 bits per heavy atom. The first-order chi connectivity index (χ1) is 9.99. The van der Waals surface area contributed by atoms with Crippen LogP contribution in [-0.4, -0.2) is 19.1 Å². The lowest BCUT2D eigenvalue weighted by molar-refractivity contribution is -0.134. The molecule has 2 atom stereocenters. The van der Waals surface area contributed by atoms with Gasteiger partial charge in [-0.3, -0.25) is 4.90 Å². The van der Waals surface area contributed by atoms with E-state index in [-0.39, 0.29) is 6.04 Å². The van der Waals surface area contributed by atoms with Crippen LogP contribution in [0.5, 0.6) is 0 Å². The van der Waals surface area contributed by atoms with Gasteiger partial charge >= 0.3 is 0 Å². The number of hydrogen-bond acceptors (Lipinski definition) is 3. The predicted molar refractivity (Wildman–Crippen MR) is 87.8 cm³/mol. The van der Waals surface area contributed by atoms with Crippen molar-refractivity contribution < 1.29 is 4.74 Å². The number of nitrogens with two attached hydrogens (primary N) is 1. The standard InChI is InChI=1S/C18H24N2O/c1-14(15-8-6-5-7-9-15)20(3)18(2,21-4)16-10-12-17(19)13-11-16/h5-14H,19H2,1-4H3/t14-,18?/m1/s1. The van der Waals surface area contributed by atoms with E-state index >= 15 is 0 Å². The van der Waals surface area contributed by atoms with Crippen LogP contribution in [0.4, 0.5) is 5.69 Å². The summed E-state index contributed by atoms with van der Waals surface area (Å²) in [4.78, 5) is 2.23. The smallest absolute Gasteiger partial charge is 0.144 e. The van der Waals surface area contributed by atoms with Gasteiger partial charge in [0.1, 0.15) is 5.72 Å². The van der Waals surface area contributed by atoms with Crippen LogP contribution < -0.4 is 5.73 Å². The van der Waals surface area contributed by atoms with Gasteiger partial charge in [-0.2, -0.15) is 0 Å². The third-order valence-corrected chi connectivity index (χ3v) is 4.38. The molecule has 0 aromatic heterocycles. The Labute approximate surface area is 127 Å². The highest BCUT2D eigenvalue weighted by Gasteiger charge is 2.34. The van der Waals surface area contributed by atoms with Gasteiger partial charge in [0.2, 0.25) is 0 Å². The lowest BCUT2D eigenvalue weighted by Gasteiger charge is -2.41. The summed E-state index contributed by atoms with van der Waals surface area (Å²) in [6.07, 6.45) is 0. The number of nitrogen functional groups attached to an aromatic ring is 1. The van der Waals surface area contributed by atoms with Gasteiger partial charge in [0, 0.05) is 18.8 Å². The maximum Gasteiger partial charge on any atom is 0.144 e. The Morgan fingerprint density at radius 1 is 1.05 bits per heavy atom. The zero-order valence-corrected chi connectivity index (χ0v) is 13.2. The molecule has 2 aromatic rings. The lowest BCUT2D eigenvalue weighted by Crippen LogP contribution is -2.44. The van der Waals surface area contributed by atoms with Gasteiger partial charge in [0.25, 0.3) is 0 Å². The SMILES string of the molecule is COC(C)(c1ccc(N)cc1)N(C)[C@H](C)c1ccccc1. The predicted octanol–water partition coefficient (Wildman–Crippen LogP) is 3.78. The van der Waals surface area contributed by atoms with E-state index in [2.05, 4.69) is 50.1 Å². The first kappa shape index (κ1) is 15.5. The molecule has 0 heterocycles. The van der Waals surface area contributed by atoms with E-state index in [0.29, 0.717) is 0 Å². The highest BCUT2D eigenvalue weighted by atomic mass is 16.5. The van der Waals surface area contributed by atoms with Crippen molar-refractivity contribution in [1.29, 1.82) is 0 Å². The van der Waals surface area contributed by atoms with Gasteiger partial charge in [-0.25, -0.2) is 0 Å². The summed E-state index contributed by atoms with van der Waals surface area (Å²) >= 11 is 0. The van der Waals surface area contributed by atoms with Gasteiger partial charge in [-0.15, -0.1) is 0 Å². The maximum absolute atomic E-state index is 5.85. The Kier molecular flexibility index (Phi) is 4.66. The van der Waals surface area contributed by atoms with Crippen LogP contribution in [0, 0.1) is 0 Å². The van der Waals surface area contributed by atoms with Crippen molar-refractivity contribution in [3.8, 4) is 0 Å². The number of rotatable bonds is 5. The van der Waals surface area contributed by atoms with Gasteiger partial charge in [0.05, 0.1) is 0 Å². The summed E-state index contributed by atoms with van der Waals surface area (Å²) in [5.74, 6) is 0. The molecule has 0 radical (unpaired) electrons. The molecule has 0 fully saturated rings. The first-order valence-electron chi connectivity index (χ1n) is 7.18. The van der Waals surface area contributed by atoms with E-state index in [1.165, 1.54) is 5.56 Å². The molecule has 0 amide bonds. The van der Waals surface area contributed by atoms with Gasteiger partial charge in [-0.1, -0.05) is 42.5 Å². The number of anilines is 1. The molecule has 21 heavy (non-hydrogen) atoms. The van der Waals surface area contributed by atoms with Crippen LogP contribution in [0.1, 0.15) is 31.0 Å². The molecule has 0 aliphatic carbocycles. The van der Waals surface area contributed by atoms with E-state index < -0.39 is 5.72 Å². The molecule has 1 unspecified atom stereocenters. The fourth-order valence-electron chi connectivity index (χ4n) is 2.58. The first-order valence-corrected chi connectivity index (χ1v) is 7.18. The summed E-state index contributed by atoms with van der Waals surface area (Å²) in [5, 5.41) is 0. The molecular formula is C18H24N2O. The van der Waals surface area contributed by atoms with Crippen LogP contribution in [0.25, 0.3) is 0 Å². The van der Waals surface area contributed by atoms with Crippen LogP contribution in [0.2, 0.25) is 0 Å². The van der Waals surface area contributed by atoms with Crippen molar-refractivity contribution >= 4 is 5.69 Å². The molecular weight excluding hydrogens is 260 g/mol. The fraction of sp³-hybridized carbons (Fsp3) is 0.333. The van der Waals surface area contributed by atoms with Crippen molar-refractivity contribution in [3.05, 3.63) is 65.7 Å². The zero-order valence-electron chi connectivity index (χ0n) is 13.2. The molecule has 112 valence electrons. The minimum atomic E-state index is -0.511. The zero-order chi connectivity index (χ0) is 15.5. The minimum Gasteiger partial charge on any atom is -0.399 e. The third-order valence-electron chi connectivity index (χ3n) is 4.38. The topological polar surface area (TPSA) is 38.5 Å². The second-order valence-corrected chi connectivity index (χ2v) is 5.51. The fourth-order valence-corrected chi connectivity index (χ4v) is 2.58. The molecule has 3 nitrogen and oxygen atoms in total. The van der Waals surface area contributed by atoms with Crippen molar-refractivity contribution in [2.75, 3.05) is 19.9 Å². The molecule has 0 saturated heterocycles. The monoisotopic (exact) mass is 284 g/mol. The number of ether oxygens (including phenoxy) is 1. The molecule has 0 aliphatic heterocycles. The maximum atomic E-state index is 5.85. The van der Waals surface area contributed by atoms with Gasteiger partial charge in [0.15, 0.2) is 0 Å². The van der Waals surface area contributed by atoms with Gasteiger partial charge < -0.3 is 10.5 Å². The molecule has 2 aromatic carbocycles. The van der Waals surface area contributed by atoms with Crippen LogP contribution in [0.3, 0.4) is 0 Å². The second-order valence-electron chi connectivity index (χ2n) is 5.51. The van der Waals surface area contributed by atoms with Crippen molar-refractivity contribution in [2.45, 2.75) is 25.6 Å². The van der Waals surface area contributed by atoms with Gasteiger partial charge in [-0.05, 0) is 44.2 Å². The average molecular weight is 284 g/mol. The molecule has 2 rings (SSSR count). The number of methoxy groups -OCH3 is 1. The van der Waals surface area contributed by atoms with Crippen LogP contribution >= 0.6 is 0 Å². The van der Waals surface area contributed by atoms with E-state index in [0.717, 1.165) is 11.3 Å². The largest absolute Gasteiger partial charge is 0.399 e. The average Bonchev–Trinajstić information content (AvgIpc) is 2.54. The number of benzene rings is 2. The number of nitrogens with zero attached hydrogens (tertiary/aromatic N) is 1. The number of hydrogen-bond donors (Lipinski definition) is 1. The van der Waals surface area contributed by atoms with Crippen LogP contribution in [0.15, 0.2) is 54.6 Å². The van der Waals surface area contributed by atoms with E-state index in [1.54, 1.807) is 7.11 Å². The molecule has 3 heteroatoms. The highest BCUT2D eigenvalue weighted by molar-refractivity contribution is 5.40. The van der Waals surface area contributed by atoms with Crippen molar-refractivity contribution in [3.63, 3.8) is 0 Å². The summed E-state index contributed by atoms with van der Waals surface area (Å²) in [5.41, 5.74) is 8.38. The van der Waals surface area contributed by atoms with Crippen molar-refractivity contribution in [1.82, 2.24) is 4.90 Å². The Balaban J connectivity index is 2.33. The molecule has 0 bridgehead atoms. The quantitative estimate of drug-likeness (QED) is 0.671.